The topological polar surface area (TPSA) is 47.6 Å². The number of hydrogen-bond acceptors (Lipinski definition) is 3. The lowest BCUT2D eigenvalue weighted by molar-refractivity contribution is -0.116. The standard InChI is InChI=1S/C18H17F2NO3/c1-23-16-7-3-12(9-17(16)24-2)4-8-18(22)21-11-13-10-14(19)5-6-15(13)20/h3-10H,11H2,1-2H3,(H,21,22). The van der Waals surface area contributed by atoms with Crippen LogP contribution in [0.1, 0.15) is 11.1 Å². The first kappa shape index (κ1) is 17.5. The van der Waals surface area contributed by atoms with Crippen molar-refractivity contribution >= 4 is 12.0 Å². The summed E-state index contributed by atoms with van der Waals surface area (Å²) in [4.78, 5) is 11.8. The molecule has 0 fully saturated rings. The number of amides is 1. The molecule has 0 unspecified atom stereocenters. The van der Waals surface area contributed by atoms with E-state index in [0.29, 0.717) is 11.5 Å². The van der Waals surface area contributed by atoms with Crippen LogP contribution in [0.3, 0.4) is 0 Å². The van der Waals surface area contributed by atoms with Crippen molar-refractivity contribution in [2.75, 3.05) is 14.2 Å². The zero-order chi connectivity index (χ0) is 17.5. The third kappa shape index (κ3) is 4.55. The van der Waals surface area contributed by atoms with E-state index in [0.717, 1.165) is 23.8 Å². The molecule has 0 aliphatic carbocycles. The number of ether oxygens (including phenoxy) is 2. The number of rotatable bonds is 6. The molecule has 0 bridgehead atoms. The van der Waals surface area contributed by atoms with Crippen LogP contribution in [0.4, 0.5) is 8.78 Å². The molecule has 0 spiro atoms. The van der Waals surface area contributed by atoms with Crippen molar-refractivity contribution in [2.24, 2.45) is 0 Å². The number of methoxy groups -OCH3 is 2. The lowest BCUT2D eigenvalue weighted by Crippen LogP contribution is -2.21. The molecule has 0 saturated carbocycles. The number of benzene rings is 2. The maximum absolute atomic E-state index is 13.5. The molecule has 1 amide bonds. The molecule has 2 rings (SSSR count). The number of nitrogens with one attached hydrogen (secondary N) is 1. The minimum atomic E-state index is -0.569. The number of carbonyl (C=O) groups excluding carboxylic acids is 1. The van der Waals surface area contributed by atoms with Gasteiger partial charge in [0.25, 0.3) is 0 Å². The van der Waals surface area contributed by atoms with Crippen LogP contribution in [0, 0.1) is 11.6 Å². The third-order valence-corrected chi connectivity index (χ3v) is 3.30. The van der Waals surface area contributed by atoms with Crippen LogP contribution in [0.5, 0.6) is 11.5 Å². The molecule has 24 heavy (non-hydrogen) atoms. The first-order valence-electron chi connectivity index (χ1n) is 7.15. The minimum Gasteiger partial charge on any atom is -0.493 e. The highest BCUT2D eigenvalue weighted by Crippen LogP contribution is 2.27. The second-order valence-corrected chi connectivity index (χ2v) is 4.90. The Hall–Kier alpha value is -2.89. The molecular weight excluding hydrogens is 316 g/mol. The zero-order valence-corrected chi connectivity index (χ0v) is 13.3. The summed E-state index contributed by atoms with van der Waals surface area (Å²) < 4.78 is 36.8. The fourth-order valence-electron chi connectivity index (χ4n) is 2.05. The van der Waals surface area contributed by atoms with Gasteiger partial charge in [0.1, 0.15) is 11.6 Å². The summed E-state index contributed by atoms with van der Waals surface area (Å²) >= 11 is 0. The summed E-state index contributed by atoms with van der Waals surface area (Å²) in [6, 6.07) is 8.30. The van der Waals surface area contributed by atoms with Crippen LogP contribution in [-0.4, -0.2) is 20.1 Å². The first-order valence-corrected chi connectivity index (χ1v) is 7.15. The van der Waals surface area contributed by atoms with Crippen molar-refractivity contribution in [1.82, 2.24) is 5.32 Å². The van der Waals surface area contributed by atoms with E-state index in [1.807, 2.05) is 0 Å². The summed E-state index contributed by atoms with van der Waals surface area (Å²) in [6.07, 6.45) is 2.89. The van der Waals surface area contributed by atoms with Gasteiger partial charge in [-0.3, -0.25) is 4.79 Å². The molecule has 1 N–H and O–H groups in total. The number of hydrogen-bond donors (Lipinski definition) is 1. The quantitative estimate of drug-likeness (QED) is 0.825. The van der Waals surface area contributed by atoms with Gasteiger partial charge in [-0.1, -0.05) is 6.07 Å². The van der Waals surface area contributed by atoms with Crippen LogP contribution in [-0.2, 0) is 11.3 Å². The lowest BCUT2D eigenvalue weighted by atomic mass is 10.2. The van der Waals surface area contributed by atoms with Gasteiger partial charge in [-0.05, 0) is 42.0 Å². The monoisotopic (exact) mass is 333 g/mol. The molecule has 0 radical (unpaired) electrons. The van der Waals surface area contributed by atoms with Crippen LogP contribution < -0.4 is 14.8 Å². The van der Waals surface area contributed by atoms with Gasteiger partial charge in [0, 0.05) is 18.2 Å². The highest BCUT2D eigenvalue weighted by atomic mass is 19.1. The maximum atomic E-state index is 13.5. The van der Waals surface area contributed by atoms with Crippen molar-refractivity contribution in [3.8, 4) is 11.5 Å². The molecule has 2 aromatic carbocycles. The number of halogens is 2. The molecule has 2 aromatic rings. The van der Waals surface area contributed by atoms with Crippen LogP contribution in [0.15, 0.2) is 42.5 Å². The second kappa shape index (κ2) is 8.10. The lowest BCUT2D eigenvalue weighted by Gasteiger charge is -2.07. The third-order valence-electron chi connectivity index (χ3n) is 3.30. The summed E-state index contributed by atoms with van der Waals surface area (Å²) in [7, 11) is 3.05. The Morgan fingerprint density at radius 3 is 2.54 bits per heavy atom. The average molecular weight is 333 g/mol. The van der Waals surface area contributed by atoms with Crippen LogP contribution in [0.25, 0.3) is 6.08 Å². The zero-order valence-electron chi connectivity index (χ0n) is 13.3. The van der Waals surface area contributed by atoms with Gasteiger partial charge < -0.3 is 14.8 Å². The van der Waals surface area contributed by atoms with Gasteiger partial charge >= 0.3 is 0 Å². The molecule has 6 heteroatoms. The molecular formula is C18H17F2NO3. The normalized spacial score (nSPS) is 10.7. The Morgan fingerprint density at radius 2 is 1.83 bits per heavy atom. The van der Waals surface area contributed by atoms with Crippen molar-refractivity contribution in [1.29, 1.82) is 0 Å². The van der Waals surface area contributed by atoms with Crippen molar-refractivity contribution in [3.05, 3.63) is 65.2 Å². The Morgan fingerprint density at radius 1 is 1.08 bits per heavy atom. The predicted octanol–water partition coefficient (Wildman–Crippen LogP) is 3.31. The summed E-state index contributed by atoms with van der Waals surface area (Å²) in [5.74, 6) is -0.418. The Bertz CT molecular complexity index is 760. The number of carbonyl (C=O) groups is 1. The van der Waals surface area contributed by atoms with E-state index >= 15 is 0 Å². The predicted molar refractivity (Wildman–Crippen MR) is 86.8 cm³/mol. The van der Waals surface area contributed by atoms with Crippen molar-refractivity contribution in [2.45, 2.75) is 6.54 Å². The van der Waals surface area contributed by atoms with Gasteiger partial charge in [-0.25, -0.2) is 8.78 Å². The molecule has 0 aromatic heterocycles. The van der Waals surface area contributed by atoms with E-state index in [1.54, 1.807) is 24.3 Å². The molecule has 0 heterocycles. The van der Waals surface area contributed by atoms with E-state index in [4.69, 9.17) is 9.47 Å². The minimum absolute atomic E-state index is 0.0860. The van der Waals surface area contributed by atoms with E-state index in [2.05, 4.69) is 5.32 Å². The van der Waals surface area contributed by atoms with Crippen molar-refractivity contribution < 1.29 is 23.0 Å². The molecule has 4 nitrogen and oxygen atoms in total. The molecule has 0 saturated heterocycles. The van der Waals surface area contributed by atoms with Gasteiger partial charge in [-0.15, -0.1) is 0 Å². The second-order valence-electron chi connectivity index (χ2n) is 4.90. The molecule has 126 valence electrons. The van der Waals surface area contributed by atoms with Crippen molar-refractivity contribution in [3.63, 3.8) is 0 Å². The summed E-state index contributed by atoms with van der Waals surface area (Å²) in [5, 5.41) is 2.50. The van der Waals surface area contributed by atoms with E-state index in [9.17, 15) is 13.6 Å². The molecule has 0 atom stereocenters. The van der Waals surface area contributed by atoms with E-state index in [-0.39, 0.29) is 12.1 Å². The first-order chi connectivity index (χ1) is 11.5. The SMILES string of the molecule is COc1ccc(C=CC(=O)NCc2cc(F)ccc2F)cc1OC. The van der Waals surface area contributed by atoms with Crippen LogP contribution >= 0.6 is 0 Å². The van der Waals surface area contributed by atoms with Gasteiger partial charge in [0.2, 0.25) is 5.91 Å². The summed E-state index contributed by atoms with van der Waals surface area (Å²) in [6.45, 7) is -0.0985. The van der Waals surface area contributed by atoms with Gasteiger partial charge in [0.05, 0.1) is 14.2 Å². The smallest absolute Gasteiger partial charge is 0.244 e. The average Bonchev–Trinajstić information content (AvgIpc) is 2.60. The Labute approximate surface area is 138 Å². The Kier molecular flexibility index (Phi) is 5.89. The van der Waals surface area contributed by atoms with Gasteiger partial charge in [-0.2, -0.15) is 0 Å². The van der Waals surface area contributed by atoms with E-state index in [1.165, 1.54) is 20.3 Å². The molecule has 0 aliphatic rings. The van der Waals surface area contributed by atoms with Gasteiger partial charge in [0.15, 0.2) is 11.5 Å². The highest BCUT2D eigenvalue weighted by molar-refractivity contribution is 5.91. The highest BCUT2D eigenvalue weighted by Gasteiger charge is 2.06. The fourth-order valence-corrected chi connectivity index (χ4v) is 2.05. The molecule has 0 aliphatic heterocycles. The summed E-state index contributed by atoms with van der Waals surface area (Å²) in [5.41, 5.74) is 0.822. The van der Waals surface area contributed by atoms with E-state index < -0.39 is 17.5 Å². The largest absolute Gasteiger partial charge is 0.493 e. The maximum Gasteiger partial charge on any atom is 0.244 e. The Balaban J connectivity index is 1.99. The fraction of sp³-hybridized carbons (Fsp3) is 0.167. The van der Waals surface area contributed by atoms with Crippen LogP contribution in [0.2, 0.25) is 0 Å².